The average molecular weight is 487 g/mol. The summed E-state index contributed by atoms with van der Waals surface area (Å²) in [5.74, 6) is -0.682. The van der Waals surface area contributed by atoms with Crippen LogP contribution >= 0.6 is 11.6 Å². The quantitative estimate of drug-likeness (QED) is 0.511. The monoisotopic (exact) mass is 486 g/mol. The Labute approximate surface area is 197 Å². The van der Waals surface area contributed by atoms with Gasteiger partial charge in [0.1, 0.15) is 18.1 Å². The number of para-hydroxylation sites is 1. The molecule has 2 aromatic carbocycles. The Morgan fingerprint density at radius 1 is 1.12 bits per heavy atom. The molecule has 0 spiro atoms. The summed E-state index contributed by atoms with van der Waals surface area (Å²) in [5.41, 5.74) is 0.985. The molecule has 1 aliphatic heterocycles. The molecule has 1 fully saturated rings. The van der Waals surface area contributed by atoms with E-state index in [2.05, 4.69) is 4.98 Å². The van der Waals surface area contributed by atoms with Crippen molar-refractivity contribution in [2.24, 2.45) is 0 Å². The minimum Gasteiger partial charge on any atom is -0.314 e. The van der Waals surface area contributed by atoms with Crippen LogP contribution in [0.1, 0.15) is 13.3 Å². The molecule has 2 heterocycles. The predicted molar refractivity (Wildman–Crippen MR) is 126 cm³/mol. The highest BCUT2D eigenvalue weighted by atomic mass is 35.5. The predicted octanol–water partition coefficient (Wildman–Crippen LogP) is 3.12. The number of benzene rings is 2. The summed E-state index contributed by atoms with van der Waals surface area (Å²) in [7, 11) is -3.99. The van der Waals surface area contributed by atoms with E-state index in [9.17, 15) is 18.0 Å². The third-order valence-electron chi connectivity index (χ3n) is 5.43. The van der Waals surface area contributed by atoms with Crippen LogP contribution in [0.3, 0.4) is 0 Å². The number of pyridine rings is 1. The van der Waals surface area contributed by atoms with Gasteiger partial charge in [0, 0.05) is 28.8 Å². The van der Waals surface area contributed by atoms with Gasteiger partial charge in [0.2, 0.25) is 21.8 Å². The molecular weight excluding hydrogens is 464 g/mol. The first-order chi connectivity index (χ1) is 15.8. The zero-order valence-electron chi connectivity index (χ0n) is 18.0. The van der Waals surface area contributed by atoms with E-state index in [1.54, 1.807) is 48.5 Å². The van der Waals surface area contributed by atoms with E-state index < -0.39 is 15.9 Å². The van der Waals surface area contributed by atoms with Crippen LogP contribution in [0.5, 0.6) is 0 Å². The van der Waals surface area contributed by atoms with Crippen molar-refractivity contribution < 1.29 is 18.0 Å². The minimum atomic E-state index is -3.99. The van der Waals surface area contributed by atoms with E-state index in [4.69, 9.17) is 11.6 Å². The van der Waals surface area contributed by atoms with Crippen LogP contribution in [-0.4, -0.2) is 60.7 Å². The van der Waals surface area contributed by atoms with Crippen molar-refractivity contribution in [2.75, 3.05) is 31.2 Å². The Morgan fingerprint density at radius 3 is 2.58 bits per heavy atom. The summed E-state index contributed by atoms with van der Waals surface area (Å²) in [4.78, 5) is 32.7. The van der Waals surface area contributed by atoms with Crippen LogP contribution in [-0.2, 0) is 19.6 Å². The molecule has 8 nitrogen and oxygen atoms in total. The molecule has 0 unspecified atom stereocenters. The number of fused-ring (bicyclic) bond motifs is 1. The largest absolute Gasteiger partial charge is 0.314 e. The minimum absolute atomic E-state index is 0.0507. The van der Waals surface area contributed by atoms with Gasteiger partial charge in [-0.05, 0) is 42.8 Å². The number of amides is 2. The van der Waals surface area contributed by atoms with Crippen molar-refractivity contribution in [1.29, 1.82) is 0 Å². The first-order valence-corrected chi connectivity index (χ1v) is 12.3. The first-order valence-electron chi connectivity index (χ1n) is 10.5. The van der Waals surface area contributed by atoms with E-state index in [-0.39, 0.29) is 37.1 Å². The van der Waals surface area contributed by atoms with Gasteiger partial charge in [0.15, 0.2) is 0 Å². The van der Waals surface area contributed by atoms with Gasteiger partial charge in [0.05, 0.1) is 12.1 Å². The maximum atomic E-state index is 13.5. The summed E-state index contributed by atoms with van der Waals surface area (Å²) >= 11 is 5.92. The van der Waals surface area contributed by atoms with Crippen LogP contribution in [0.2, 0.25) is 5.02 Å². The lowest BCUT2D eigenvalue weighted by Crippen LogP contribution is -2.43. The molecule has 1 saturated heterocycles. The van der Waals surface area contributed by atoms with Gasteiger partial charge in [-0.15, -0.1) is 0 Å². The lowest BCUT2D eigenvalue weighted by molar-refractivity contribution is -0.131. The number of sulfonamides is 1. The highest BCUT2D eigenvalue weighted by Gasteiger charge is 2.35. The van der Waals surface area contributed by atoms with Crippen molar-refractivity contribution in [3.8, 4) is 0 Å². The average Bonchev–Trinajstić information content (AvgIpc) is 3.20. The number of anilines is 1. The Balaban J connectivity index is 1.56. The zero-order valence-corrected chi connectivity index (χ0v) is 19.6. The van der Waals surface area contributed by atoms with E-state index in [0.717, 1.165) is 4.31 Å². The van der Waals surface area contributed by atoms with E-state index in [1.165, 1.54) is 22.1 Å². The summed E-state index contributed by atoms with van der Waals surface area (Å²) in [6.07, 6.45) is 2.07. The molecule has 0 N–H and O–H groups in total. The summed E-state index contributed by atoms with van der Waals surface area (Å²) in [6, 6.07) is 15.2. The van der Waals surface area contributed by atoms with Crippen molar-refractivity contribution >= 4 is 50.0 Å². The fourth-order valence-electron chi connectivity index (χ4n) is 3.77. The number of carbonyl (C=O) groups is 2. The molecule has 3 aromatic rings. The molecule has 0 atom stereocenters. The zero-order chi connectivity index (χ0) is 23.6. The Kier molecular flexibility index (Phi) is 6.64. The maximum absolute atomic E-state index is 13.5. The highest BCUT2D eigenvalue weighted by Crippen LogP contribution is 2.25. The van der Waals surface area contributed by atoms with Crippen LogP contribution in [0.15, 0.2) is 65.7 Å². The maximum Gasteiger partial charge on any atom is 0.248 e. The number of aromatic nitrogens is 1. The van der Waals surface area contributed by atoms with Gasteiger partial charge < -0.3 is 4.90 Å². The van der Waals surface area contributed by atoms with Crippen LogP contribution in [0.4, 0.5) is 5.69 Å². The number of hydrogen-bond donors (Lipinski definition) is 0. The Hall–Kier alpha value is -3.01. The highest BCUT2D eigenvalue weighted by molar-refractivity contribution is 7.89. The molecule has 172 valence electrons. The van der Waals surface area contributed by atoms with E-state index >= 15 is 0 Å². The molecule has 0 radical (unpaired) electrons. The number of halogens is 1. The SMILES string of the molecule is CCCN(CC(=O)N1CC(=O)N(c2ccc(Cl)cc2)C1)S(=O)(=O)c1cccc2cccnc12. The Bertz CT molecular complexity index is 1290. The lowest BCUT2D eigenvalue weighted by Gasteiger charge is -2.24. The van der Waals surface area contributed by atoms with E-state index in [0.29, 0.717) is 28.0 Å². The van der Waals surface area contributed by atoms with Crippen molar-refractivity contribution in [3.05, 3.63) is 65.8 Å². The number of rotatable bonds is 7. The molecule has 0 saturated carbocycles. The second-order valence-electron chi connectivity index (χ2n) is 7.70. The van der Waals surface area contributed by atoms with Crippen molar-refractivity contribution in [2.45, 2.75) is 18.2 Å². The number of nitrogens with zero attached hydrogens (tertiary/aromatic N) is 4. The molecular formula is C23H23ClN4O4S. The van der Waals surface area contributed by atoms with Gasteiger partial charge >= 0.3 is 0 Å². The third kappa shape index (κ3) is 4.71. The normalized spacial score (nSPS) is 14.5. The molecule has 33 heavy (non-hydrogen) atoms. The molecule has 4 rings (SSSR count). The second kappa shape index (κ2) is 9.46. The van der Waals surface area contributed by atoms with Crippen LogP contribution < -0.4 is 4.90 Å². The van der Waals surface area contributed by atoms with Gasteiger partial charge in [0.25, 0.3) is 0 Å². The molecule has 1 aromatic heterocycles. The van der Waals surface area contributed by atoms with Crippen LogP contribution in [0, 0.1) is 0 Å². The fourth-order valence-corrected chi connectivity index (χ4v) is 5.54. The molecule has 0 bridgehead atoms. The van der Waals surface area contributed by atoms with Gasteiger partial charge in [-0.25, -0.2) is 8.42 Å². The van der Waals surface area contributed by atoms with Crippen LogP contribution in [0.25, 0.3) is 10.9 Å². The topological polar surface area (TPSA) is 90.9 Å². The summed E-state index contributed by atoms with van der Waals surface area (Å²) < 4.78 is 28.1. The van der Waals surface area contributed by atoms with Gasteiger partial charge in [-0.3, -0.25) is 19.5 Å². The second-order valence-corrected chi connectivity index (χ2v) is 10.0. The first kappa shape index (κ1) is 23.2. The van der Waals surface area contributed by atoms with Gasteiger partial charge in [-0.1, -0.05) is 36.7 Å². The third-order valence-corrected chi connectivity index (χ3v) is 7.56. The van der Waals surface area contributed by atoms with Crippen molar-refractivity contribution in [1.82, 2.24) is 14.2 Å². The summed E-state index contributed by atoms with van der Waals surface area (Å²) in [6.45, 7) is 1.59. The molecule has 2 amide bonds. The standard InChI is InChI=1S/C23H23ClN4O4S/c1-2-13-27(33(31,32)20-7-3-5-17-6-4-12-25-23(17)20)15-21(29)26-14-22(30)28(16-26)19-10-8-18(24)9-11-19/h3-12H,2,13-16H2,1H3. The summed E-state index contributed by atoms with van der Waals surface area (Å²) in [5, 5.41) is 1.24. The Morgan fingerprint density at radius 2 is 1.85 bits per heavy atom. The lowest BCUT2D eigenvalue weighted by atomic mass is 10.2. The number of hydrogen-bond acceptors (Lipinski definition) is 5. The molecule has 1 aliphatic rings. The molecule has 0 aliphatic carbocycles. The fraction of sp³-hybridized carbons (Fsp3) is 0.261. The van der Waals surface area contributed by atoms with E-state index in [1.807, 2.05) is 6.92 Å². The van der Waals surface area contributed by atoms with Gasteiger partial charge in [-0.2, -0.15) is 4.31 Å². The number of carbonyl (C=O) groups excluding carboxylic acids is 2. The molecule has 10 heteroatoms. The van der Waals surface area contributed by atoms with Crippen molar-refractivity contribution in [3.63, 3.8) is 0 Å². The smallest absolute Gasteiger partial charge is 0.248 e.